The van der Waals surface area contributed by atoms with Gasteiger partial charge in [0.25, 0.3) is 0 Å². The van der Waals surface area contributed by atoms with Crippen molar-refractivity contribution < 1.29 is 19.4 Å². The van der Waals surface area contributed by atoms with Gasteiger partial charge in [0.1, 0.15) is 0 Å². The molecule has 1 saturated heterocycles. The molecule has 1 aliphatic heterocycles. The average Bonchev–Trinajstić information content (AvgIpc) is 2.27. The van der Waals surface area contributed by atoms with E-state index in [0.717, 1.165) is 19.5 Å². The first-order chi connectivity index (χ1) is 7.58. The van der Waals surface area contributed by atoms with Gasteiger partial charge in [-0.25, -0.2) is 0 Å². The van der Waals surface area contributed by atoms with E-state index in [4.69, 9.17) is 14.6 Å². The summed E-state index contributed by atoms with van der Waals surface area (Å²) < 4.78 is 10.3. The Balaban J connectivity index is 2.62. The minimum absolute atomic E-state index is 0.149. The van der Waals surface area contributed by atoms with Crippen LogP contribution in [0.15, 0.2) is 0 Å². The third-order valence-corrected chi connectivity index (χ3v) is 3.15. The third kappa shape index (κ3) is 3.73. The Morgan fingerprint density at radius 1 is 1.50 bits per heavy atom. The van der Waals surface area contributed by atoms with Crippen molar-refractivity contribution in [3.8, 4) is 0 Å². The van der Waals surface area contributed by atoms with E-state index < -0.39 is 5.97 Å². The molecule has 0 bridgehead atoms. The molecule has 16 heavy (non-hydrogen) atoms. The fourth-order valence-corrected chi connectivity index (χ4v) is 2.11. The maximum atomic E-state index is 10.9. The minimum Gasteiger partial charge on any atom is -0.481 e. The first kappa shape index (κ1) is 13.4. The van der Waals surface area contributed by atoms with Gasteiger partial charge in [-0.1, -0.05) is 0 Å². The topological polar surface area (TPSA) is 59.0 Å². The number of carbonyl (C=O) groups is 1. The normalized spacial score (nSPS) is 21.6. The number of carboxylic acids is 1. The van der Waals surface area contributed by atoms with E-state index in [0.29, 0.717) is 19.8 Å². The summed E-state index contributed by atoms with van der Waals surface area (Å²) in [7, 11) is 1.64. The quantitative estimate of drug-likeness (QED) is 0.725. The lowest BCUT2D eigenvalue weighted by molar-refractivity contribution is -0.141. The van der Waals surface area contributed by atoms with Crippen LogP contribution in [-0.4, -0.2) is 61.5 Å². The summed E-state index contributed by atoms with van der Waals surface area (Å²) >= 11 is 0. The van der Waals surface area contributed by atoms with Crippen molar-refractivity contribution >= 4 is 5.97 Å². The van der Waals surface area contributed by atoms with Gasteiger partial charge in [-0.3, -0.25) is 9.69 Å². The number of hydrogen-bond acceptors (Lipinski definition) is 4. The van der Waals surface area contributed by atoms with Gasteiger partial charge in [-0.15, -0.1) is 0 Å². The molecule has 0 spiro atoms. The first-order valence-electron chi connectivity index (χ1n) is 5.62. The molecule has 0 saturated carbocycles. The van der Waals surface area contributed by atoms with Gasteiger partial charge in [0, 0.05) is 32.3 Å². The van der Waals surface area contributed by atoms with Crippen LogP contribution < -0.4 is 0 Å². The fourth-order valence-electron chi connectivity index (χ4n) is 2.11. The molecule has 94 valence electrons. The fraction of sp³-hybridized carbons (Fsp3) is 0.909. The highest BCUT2D eigenvalue weighted by atomic mass is 16.5. The predicted molar refractivity (Wildman–Crippen MR) is 59.5 cm³/mol. The van der Waals surface area contributed by atoms with E-state index in [1.54, 1.807) is 7.11 Å². The Labute approximate surface area is 96.3 Å². The highest BCUT2D eigenvalue weighted by Crippen LogP contribution is 2.25. The Hall–Kier alpha value is -0.650. The van der Waals surface area contributed by atoms with E-state index in [2.05, 4.69) is 4.90 Å². The molecule has 1 unspecified atom stereocenters. The molecule has 5 nitrogen and oxygen atoms in total. The van der Waals surface area contributed by atoms with Gasteiger partial charge in [0.2, 0.25) is 0 Å². The molecule has 1 aliphatic rings. The Morgan fingerprint density at radius 3 is 2.62 bits per heavy atom. The number of ether oxygens (including phenoxy) is 2. The van der Waals surface area contributed by atoms with Crippen LogP contribution in [0.1, 0.15) is 19.8 Å². The standard InChI is InChI=1S/C11H21NO4/c1-11(3-6-15-2,9-10(13)14)12-4-7-16-8-5-12/h3-9H2,1-2H3,(H,13,14). The number of rotatable bonds is 6. The van der Waals surface area contributed by atoms with Crippen molar-refractivity contribution in [3.63, 3.8) is 0 Å². The van der Waals surface area contributed by atoms with Crippen LogP contribution in [0, 0.1) is 0 Å². The predicted octanol–water partition coefficient (Wildman–Crippen LogP) is 0.589. The lowest BCUT2D eigenvalue weighted by atomic mass is 9.91. The number of morpholine rings is 1. The van der Waals surface area contributed by atoms with Gasteiger partial charge in [-0.05, 0) is 13.3 Å². The van der Waals surface area contributed by atoms with Gasteiger partial charge >= 0.3 is 5.97 Å². The van der Waals surface area contributed by atoms with Crippen LogP contribution >= 0.6 is 0 Å². The lowest BCUT2D eigenvalue weighted by Crippen LogP contribution is -2.53. The highest BCUT2D eigenvalue weighted by molar-refractivity contribution is 5.68. The monoisotopic (exact) mass is 231 g/mol. The van der Waals surface area contributed by atoms with Crippen LogP contribution in [0.3, 0.4) is 0 Å². The van der Waals surface area contributed by atoms with Gasteiger partial charge in [0.15, 0.2) is 0 Å². The molecular formula is C11H21NO4. The van der Waals surface area contributed by atoms with Gasteiger partial charge < -0.3 is 14.6 Å². The summed E-state index contributed by atoms with van der Waals surface area (Å²) in [5.41, 5.74) is -0.328. The van der Waals surface area contributed by atoms with E-state index in [-0.39, 0.29) is 12.0 Å². The van der Waals surface area contributed by atoms with Crippen molar-refractivity contribution in [1.82, 2.24) is 4.90 Å². The SMILES string of the molecule is COCCC(C)(CC(=O)O)N1CCOCC1. The molecule has 0 aromatic carbocycles. The maximum Gasteiger partial charge on any atom is 0.305 e. The molecular weight excluding hydrogens is 210 g/mol. The first-order valence-corrected chi connectivity index (χ1v) is 5.62. The summed E-state index contributed by atoms with van der Waals surface area (Å²) in [6, 6.07) is 0. The average molecular weight is 231 g/mol. The molecule has 0 aromatic heterocycles. The van der Waals surface area contributed by atoms with Gasteiger partial charge in [0.05, 0.1) is 19.6 Å². The molecule has 1 N–H and O–H groups in total. The molecule has 0 aliphatic carbocycles. The zero-order valence-electron chi connectivity index (χ0n) is 10.1. The summed E-state index contributed by atoms with van der Waals surface area (Å²) in [6.45, 7) is 5.54. The van der Waals surface area contributed by atoms with Crippen LogP contribution in [0.25, 0.3) is 0 Å². The highest BCUT2D eigenvalue weighted by Gasteiger charge is 2.34. The Morgan fingerprint density at radius 2 is 2.12 bits per heavy atom. The second-order valence-electron chi connectivity index (χ2n) is 4.41. The Kier molecular flexibility index (Phi) is 5.18. The maximum absolute atomic E-state index is 10.9. The molecule has 1 heterocycles. The largest absolute Gasteiger partial charge is 0.481 e. The molecule has 1 fully saturated rings. The zero-order chi connectivity index (χ0) is 12.0. The van der Waals surface area contributed by atoms with Crippen molar-refractivity contribution in [1.29, 1.82) is 0 Å². The molecule has 1 rings (SSSR count). The van der Waals surface area contributed by atoms with Crippen molar-refractivity contribution in [2.45, 2.75) is 25.3 Å². The lowest BCUT2D eigenvalue weighted by Gasteiger charge is -2.42. The van der Waals surface area contributed by atoms with E-state index >= 15 is 0 Å². The zero-order valence-corrected chi connectivity index (χ0v) is 10.1. The summed E-state index contributed by atoms with van der Waals surface area (Å²) in [5.74, 6) is -0.759. The van der Waals surface area contributed by atoms with Crippen LogP contribution in [0.4, 0.5) is 0 Å². The number of carboxylic acid groups (broad SMARTS) is 1. The van der Waals surface area contributed by atoms with Crippen molar-refractivity contribution in [2.75, 3.05) is 40.0 Å². The second-order valence-corrected chi connectivity index (χ2v) is 4.41. The molecule has 1 atom stereocenters. The van der Waals surface area contributed by atoms with E-state index in [1.165, 1.54) is 0 Å². The van der Waals surface area contributed by atoms with Crippen molar-refractivity contribution in [3.05, 3.63) is 0 Å². The van der Waals surface area contributed by atoms with Crippen LogP contribution in [0.5, 0.6) is 0 Å². The van der Waals surface area contributed by atoms with Crippen LogP contribution in [-0.2, 0) is 14.3 Å². The number of methoxy groups -OCH3 is 1. The summed E-state index contributed by atoms with van der Waals surface area (Å²) in [4.78, 5) is 13.1. The second kappa shape index (κ2) is 6.18. The Bertz CT molecular complexity index is 228. The molecule has 0 aromatic rings. The number of nitrogens with zero attached hydrogens (tertiary/aromatic N) is 1. The molecule has 5 heteroatoms. The summed E-state index contributed by atoms with van der Waals surface area (Å²) in [5, 5.41) is 8.98. The summed E-state index contributed by atoms with van der Waals surface area (Å²) in [6.07, 6.45) is 0.881. The van der Waals surface area contributed by atoms with Crippen LogP contribution in [0.2, 0.25) is 0 Å². The number of aliphatic carboxylic acids is 1. The third-order valence-electron chi connectivity index (χ3n) is 3.15. The molecule has 0 amide bonds. The minimum atomic E-state index is -0.759. The molecule has 0 radical (unpaired) electrons. The smallest absolute Gasteiger partial charge is 0.305 e. The number of hydrogen-bond donors (Lipinski definition) is 1. The van der Waals surface area contributed by atoms with E-state index in [9.17, 15) is 4.79 Å². The van der Waals surface area contributed by atoms with Gasteiger partial charge in [-0.2, -0.15) is 0 Å². The van der Waals surface area contributed by atoms with E-state index in [1.807, 2.05) is 6.92 Å². The van der Waals surface area contributed by atoms with Crippen molar-refractivity contribution in [2.24, 2.45) is 0 Å².